The zero-order valence-electron chi connectivity index (χ0n) is 10.4. The van der Waals surface area contributed by atoms with Crippen LogP contribution in [0.1, 0.15) is 4.88 Å². The molecule has 1 aromatic heterocycles. The standard InChI is InChI=1S/C12H9ClF4N2OS/c13-11-19-5-8(21-11)4-18-9-3-7(14)1-2-10(9)20-6-12(15,16)17/h1-3,5,18H,4,6H2. The highest BCUT2D eigenvalue weighted by molar-refractivity contribution is 7.15. The van der Waals surface area contributed by atoms with E-state index in [2.05, 4.69) is 15.0 Å². The van der Waals surface area contributed by atoms with Gasteiger partial charge >= 0.3 is 6.18 Å². The highest BCUT2D eigenvalue weighted by Crippen LogP contribution is 2.28. The molecular weight excluding hydrogens is 332 g/mol. The van der Waals surface area contributed by atoms with E-state index in [9.17, 15) is 17.6 Å². The maximum Gasteiger partial charge on any atom is 0.422 e. The minimum absolute atomic E-state index is 0.0793. The third-order valence-corrected chi connectivity index (χ3v) is 3.43. The Morgan fingerprint density at radius 1 is 1.33 bits per heavy atom. The van der Waals surface area contributed by atoms with Gasteiger partial charge in [-0.05, 0) is 12.1 Å². The zero-order valence-corrected chi connectivity index (χ0v) is 11.9. The normalized spacial score (nSPS) is 11.5. The van der Waals surface area contributed by atoms with Gasteiger partial charge in [0, 0.05) is 17.1 Å². The molecule has 3 nitrogen and oxygen atoms in total. The fourth-order valence-corrected chi connectivity index (χ4v) is 2.39. The van der Waals surface area contributed by atoms with Gasteiger partial charge in [-0.2, -0.15) is 13.2 Å². The average Bonchev–Trinajstić information content (AvgIpc) is 2.80. The number of hydrogen-bond acceptors (Lipinski definition) is 4. The summed E-state index contributed by atoms with van der Waals surface area (Å²) >= 11 is 6.88. The lowest BCUT2D eigenvalue weighted by Gasteiger charge is -2.14. The molecular formula is C12H9ClF4N2OS. The summed E-state index contributed by atoms with van der Waals surface area (Å²) in [6.45, 7) is -1.20. The van der Waals surface area contributed by atoms with Crippen molar-refractivity contribution in [3.8, 4) is 5.75 Å². The summed E-state index contributed by atoms with van der Waals surface area (Å²) in [4.78, 5) is 4.58. The number of nitrogens with zero attached hydrogens (tertiary/aromatic N) is 1. The van der Waals surface area contributed by atoms with E-state index in [1.165, 1.54) is 17.5 Å². The number of halogens is 5. The van der Waals surface area contributed by atoms with Crippen LogP contribution in [0.15, 0.2) is 24.4 Å². The quantitative estimate of drug-likeness (QED) is 0.814. The molecule has 9 heteroatoms. The Labute approximate surface area is 126 Å². The van der Waals surface area contributed by atoms with Crippen LogP contribution in [-0.2, 0) is 6.54 Å². The second kappa shape index (κ2) is 6.48. The van der Waals surface area contributed by atoms with Crippen molar-refractivity contribution >= 4 is 28.6 Å². The number of hydrogen-bond donors (Lipinski definition) is 1. The number of ether oxygens (including phenoxy) is 1. The summed E-state index contributed by atoms with van der Waals surface area (Å²) in [5, 5.41) is 2.80. The van der Waals surface area contributed by atoms with Crippen molar-refractivity contribution in [2.24, 2.45) is 0 Å². The van der Waals surface area contributed by atoms with Crippen molar-refractivity contribution < 1.29 is 22.3 Å². The number of benzene rings is 1. The molecule has 0 saturated heterocycles. The Balaban J connectivity index is 2.07. The first kappa shape index (κ1) is 15.8. The number of alkyl halides is 3. The molecule has 0 aliphatic rings. The average molecular weight is 341 g/mol. The Kier molecular flexibility index (Phi) is 4.89. The molecule has 114 valence electrons. The minimum atomic E-state index is -4.46. The van der Waals surface area contributed by atoms with E-state index in [4.69, 9.17) is 11.6 Å². The lowest BCUT2D eigenvalue weighted by atomic mass is 10.2. The number of anilines is 1. The van der Waals surface area contributed by atoms with Gasteiger partial charge in [-0.15, -0.1) is 11.3 Å². The molecule has 1 aromatic carbocycles. The van der Waals surface area contributed by atoms with Crippen molar-refractivity contribution in [3.05, 3.63) is 39.6 Å². The summed E-state index contributed by atoms with van der Waals surface area (Å²) < 4.78 is 54.7. The minimum Gasteiger partial charge on any atom is -0.482 e. The van der Waals surface area contributed by atoms with Crippen LogP contribution in [0.4, 0.5) is 23.2 Å². The molecule has 1 N–H and O–H groups in total. The first-order chi connectivity index (χ1) is 9.83. The van der Waals surface area contributed by atoms with E-state index in [1.807, 2.05) is 0 Å². The monoisotopic (exact) mass is 340 g/mol. The third kappa shape index (κ3) is 5.05. The first-order valence-corrected chi connectivity index (χ1v) is 6.86. The van der Waals surface area contributed by atoms with Crippen LogP contribution in [0.25, 0.3) is 0 Å². The van der Waals surface area contributed by atoms with Crippen LogP contribution >= 0.6 is 22.9 Å². The van der Waals surface area contributed by atoms with E-state index < -0.39 is 18.6 Å². The topological polar surface area (TPSA) is 34.1 Å². The molecule has 0 aliphatic carbocycles. The van der Waals surface area contributed by atoms with Crippen LogP contribution < -0.4 is 10.1 Å². The van der Waals surface area contributed by atoms with E-state index >= 15 is 0 Å². The molecule has 2 aromatic rings. The number of nitrogens with one attached hydrogen (secondary N) is 1. The van der Waals surface area contributed by atoms with Gasteiger partial charge in [0.15, 0.2) is 11.1 Å². The predicted octanol–water partition coefficient (Wildman–Crippen LogP) is 4.49. The number of aromatic nitrogens is 1. The molecule has 0 bridgehead atoms. The summed E-state index contributed by atoms with van der Waals surface area (Å²) in [5.74, 6) is -0.663. The zero-order chi connectivity index (χ0) is 15.5. The lowest BCUT2D eigenvalue weighted by Crippen LogP contribution is -2.19. The SMILES string of the molecule is Fc1ccc(OCC(F)(F)F)c(NCc2cnc(Cl)s2)c1. The van der Waals surface area contributed by atoms with Crippen LogP contribution in [-0.4, -0.2) is 17.8 Å². The predicted molar refractivity (Wildman–Crippen MR) is 72.4 cm³/mol. The number of thiazole rings is 1. The highest BCUT2D eigenvalue weighted by Gasteiger charge is 2.28. The smallest absolute Gasteiger partial charge is 0.422 e. The molecule has 0 aliphatic heterocycles. The molecule has 2 rings (SSSR count). The van der Waals surface area contributed by atoms with Crippen molar-refractivity contribution in [2.75, 3.05) is 11.9 Å². The van der Waals surface area contributed by atoms with Crippen LogP contribution in [0, 0.1) is 5.82 Å². The van der Waals surface area contributed by atoms with Gasteiger partial charge < -0.3 is 10.1 Å². The van der Waals surface area contributed by atoms with E-state index in [0.717, 1.165) is 23.1 Å². The molecule has 0 radical (unpaired) electrons. The van der Waals surface area contributed by atoms with Crippen molar-refractivity contribution in [3.63, 3.8) is 0 Å². The maximum atomic E-state index is 13.2. The van der Waals surface area contributed by atoms with E-state index in [0.29, 0.717) is 4.47 Å². The highest BCUT2D eigenvalue weighted by atomic mass is 35.5. The summed E-state index contributed by atoms with van der Waals surface area (Å²) in [6, 6.07) is 3.23. The van der Waals surface area contributed by atoms with Gasteiger partial charge in [-0.25, -0.2) is 9.37 Å². The summed E-state index contributed by atoms with van der Waals surface area (Å²) in [7, 11) is 0. The second-order valence-electron chi connectivity index (χ2n) is 3.98. The molecule has 0 atom stereocenters. The van der Waals surface area contributed by atoms with Gasteiger partial charge in [0.2, 0.25) is 0 Å². The first-order valence-electron chi connectivity index (χ1n) is 5.67. The van der Waals surface area contributed by atoms with Gasteiger partial charge in [-0.1, -0.05) is 11.6 Å². The van der Waals surface area contributed by atoms with Crippen molar-refractivity contribution in [1.82, 2.24) is 4.98 Å². The van der Waals surface area contributed by atoms with Crippen LogP contribution in [0.5, 0.6) is 5.75 Å². The van der Waals surface area contributed by atoms with Gasteiger partial charge in [0.05, 0.1) is 12.2 Å². The molecule has 0 saturated carbocycles. The number of rotatable bonds is 5. The van der Waals surface area contributed by atoms with E-state index in [1.54, 1.807) is 0 Å². The molecule has 21 heavy (non-hydrogen) atoms. The maximum absolute atomic E-state index is 13.2. The van der Waals surface area contributed by atoms with Crippen molar-refractivity contribution in [2.45, 2.75) is 12.7 Å². The fraction of sp³-hybridized carbons (Fsp3) is 0.250. The largest absolute Gasteiger partial charge is 0.482 e. The van der Waals surface area contributed by atoms with Crippen LogP contribution in [0.2, 0.25) is 4.47 Å². The molecule has 0 spiro atoms. The Hall–Kier alpha value is -1.54. The Bertz CT molecular complexity index is 618. The van der Waals surface area contributed by atoms with Gasteiger partial charge in [0.1, 0.15) is 11.6 Å². The van der Waals surface area contributed by atoms with Crippen LogP contribution in [0.3, 0.4) is 0 Å². The van der Waals surface area contributed by atoms with Crippen molar-refractivity contribution in [1.29, 1.82) is 0 Å². The molecule has 0 fully saturated rings. The Morgan fingerprint density at radius 2 is 2.10 bits per heavy atom. The third-order valence-electron chi connectivity index (χ3n) is 2.31. The van der Waals surface area contributed by atoms with E-state index in [-0.39, 0.29) is 18.0 Å². The second-order valence-corrected chi connectivity index (χ2v) is 5.67. The molecule has 0 amide bonds. The molecule has 1 heterocycles. The van der Waals surface area contributed by atoms with Gasteiger partial charge in [-0.3, -0.25) is 0 Å². The van der Waals surface area contributed by atoms with Gasteiger partial charge in [0.25, 0.3) is 0 Å². The molecule has 0 unspecified atom stereocenters. The Morgan fingerprint density at radius 3 is 2.71 bits per heavy atom. The summed E-state index contributed by atoms with van der Waals surface area (Å²) in [5.41, 5.74) is 0.128. The summed E-state index contributed by atoms with van der Waals surface area (Å²) in [6.07, 6.45) is -2.94. The lowest BCUT2D eigenvalue weighted by molar-refractivity contribution is -0.153. The fourth-order valence-electron chi connectivity index (χ4n) is 1.47.